The van der Waals surface area contributed by atoms with E-state index in [9.17, 15) is 0 Å². The van der Waals surface area contributed by atoms with Gasteiger partial charge in [0.1, 0.15) is 16.2 Å². The van der Waals surface area contributed by atoms with Gasteiger partial charge >= 0.3 is 0 Å². The summed E-state index contributed by atoms with van der Waals surface area (Å²) in [5.41, 5.74) is 14.1. The lowest BCUT2D eigenvalue weighted by Crippen LogP contribution is -2.10. The maximum Gasteiger partial charge on any atom is 0.137 e. The summed E-state index contributed by atoms with van der Waals surface area (Å²) in [5, 5.41) is 5.61. The fourth-order valence-electron chi connectivity index (χ4n) is 8.18. The summed E-state index contributed by atoms with van der Waals surface area (Å²) >= 11 is 1.72. The van der Waals surface area contributed by atoms with Crippen LogP contribution >= 0.6 is 11.3 Å². The van der Waals surface area contributed by atoms with Crippen LogP contribution in [-0.4, -0.2) is 4.98 Å². The van der Waals surface area contributed by atoms with E-state index >= 15 is 0 Å². The largest absolute Gasteiger partial charge is 0.456 e. The molecule has 0 bridgehead atoms. The molecular weight excluding hydrogens is 713 g/mol. The van der Waals surface area contributed by atoms with Crippen LogP contribution in [-0.2, 0) is 0 Å². The summed E-state index contributed by atoms with van der Waals surface area (Å²) in [6.45, 7) is 0. The van der Waals surface area contributed by atoms with E-state index in [4.69, 9.17) is 9.40 Å². The third-order valence-electron chi connectivity index (χ3n) is 10.9. The molecule has 0 N–H and O–H groups in total. The van der Waals surface area contributed by atoms with Crippen LogP contribution in [0.5, 0.6) is 0 Å². The Morgan fingerprint density at radius 3 is 1.81 bits per heavy atom. The van der Waals surface area contributed by atoms with E-state index in [0.29, 0.717) is 0 Å². The van der Waals surface area contributed by atoms with Gasteiger partial charge in [-0.2, -0.15) is 0 Å². The number of furan rings is 1. The Bertz CT molecular complexity index is 3220. The zero-order valence-corrected chi connectivity index (χ0v) is 31.7. The monoisotopic (exact) mass is 746 g/mol. The van der Waals surface area contributed by atoms with Crippen LogP contribution in [0.2, 0.25) is 0 Å². The fourth-order valence-corrected chi connectivity index (χ4v) is 9.30. The van der Waals surface area contributed by atoms with E-state index in [1.54, 1.807) is 11.3 Å². The molecule has 0 saturated carbocycles. The molecule has 57 heavy (non-hydrogen) atoms. The molecule has 0 amide bonds. The molecule has 0 aliphatic heterocycles. The first-order valence-electron chi connectivity index (χ1n) is 19.2. The normalized spacial score (nSPS) is 11.5. The van der Waals surface area contributed by atoms with E-state index in [2.05, 4.69) is 205 Å². The van der Waals surface area contributed by atoms with Gasteiger partial charge in [-0.3, -0.25) is 0 Å². The van der Waals surface area contributed by atoms with Gasteiger partial charge in [0.15, 0.2) is 0 Å². The number of rotatable bonds is 7. The summed E-state index contributed by atoms with van der Waals surface area (Å²) < 4.78 is 7.66. The maximum absolute atomic E-state index is 6.53. The minimum absolute atomic E-state index is 0.853. The van der Waals surface area contributed by atoms with Gasteiger partial charge in [-0.1, -0.05) is 152 Å². The topological polar surface area (TPSA) is 29.3 Å². The van der Waals surface area contributed by atoms with E-state index < -0.39 is 0 Å². The number of aromatic nitrogens is 1. The van der Waals surface area contributed by atoms with Crippen molar-refractivity contribution in [1.82, 2.24) is 4.98 Å². The highest BCUT2D eigenvalue weighted by Crippen LogP contribution is 2.45. The molecule has 11 aromatic rings. The highest BCUT2D eigenvalue weighted by atomic mass is 32.1. The SMILES string of the molecule is c1ccc(-c2ccc(N(c3ccc(-c4ccccc4)c(-c4cccc5ccccc45)c3)c3ccc4oc5ccc6nc(-c7ccccc7)sc6c5c4c3)cc2)cc1. The molecule has 0 aliphatic carbocycles. The van der Waals surface area contributed by atoms with Gasteiger partial charge in [0, 0.05) is 33.4 Å². The average molecular weight is 747 g/mol. The lowest BCUT2D eigenvalue weighted by Gasteiger charge is -2.27. The minimum Gasteiger partial charge on any atom is -0.456 e. The molecule has 9 aromatic carbocycles. The van der Waals surface area contributed by atoms with Crippen molar-refractivity contribution >= 4 is 71.3 Å². The number of nitrogens with zero attached hydrogens (tertiary/aromatic N) is 2. The van der Waals surface area contributed by atoms with Crippen molar-refractivity contribution in [1.29, 1.82) is 0 Å². The molecule has 0 radical (unpaired) electrons. The Balaban J connectivity index is 1.14. The number of benzene rings is 9. The quantitative estimate of drug-likeness (QED) is 0.163. The highest BCUT2D eigenvalue weighted by Gasteiger charge is 2.21. The number of thiazole rings is 1. The lowest BCUT2D eigenvalue weighted by molar-refractivity contribution is 0.669. The average Bonchev–Trinajstić information content (AvgIpc) is 3.89. The van der Waals surface area contributed by atoms with Gasteiger partial charge in [-0.05, 0) is 98.8 Å². The van der Waals surface area contributed by atoms with Crippen LogP contribution in [0, 0.1) is 0 Å². The molecule has 0 fully saturated rings. The van der Waals surface area contributed by atoms with Crippen LogP contribution in [0.1, 0.15) is 0 Å². The summed E-state index contributed by atoms with van der Waals surface area (Å²) in [7, 11) is 0. The van der Waals surface area contributed by atoms with Gasteiger partial charge in [0.2, 0.25) is 0 Å². The molecular formula is C53H34N2OS. The second-order valence-corrected chi connectivity index (χ2v) is 15.3. The number of fused-ring (bicyclic) bond motifs is 6. The molecule has 4 heteroatoms. The summed E-state index contributed by atoms with van der Waals surface area (Å²) in [6.07, 6.45) is 0. The molecule has 2 heterocycles. The number of anilines is 3. The van der Waals surface area contributed by atoms with E-state index in [0.717, 1.165) is 59.8 Å². The number of hydrogen-bond donors (Lipinski definition) is 0. The van der Waals surface area contributed by atoms with Crippen LogP contribution in [0.4, 0.5) is 17.1 Å². The van der Waals surface area contributed by atoms with Gasteiger partial charge in [-0.25, -0.2) is 4.98 Å². The first kappa shape index (κ1) is 33.1. The Kier molecular flexibility index (Phi) is 8.01. The lowest BCUT2D eigenvalue weighted by atomic mass is 9.90. The molecule has 2 aromatic heterocycles. The van der Waals surface area contributed by atoms with Crippen molar-refractivity contribution < 1.29 is 4.42 Å². The third-order valence-corrected chi connectivity index (χ3v) is 12.0. The van der Waals surface area contributed by atoms with Crippen molar-refractivity contribution in [2.24, 2.45) is 0 Å². The first-order valence-corrected chi connectivity index (χ1v) is 20.0. The van der Waals surface area contributed by atoms with Gasteiger partial charge in [0.25, 0.3) is 0 Å². The smallest absolute Gasteiger partial charge is 0.137 e. The Morgan fingerprint density at radius 2 is 1.02 bits per heavy atom. The zero-order chi connectivity index (χ0) is 37.7. The molecule has 0 atom stereocenters. The van der Waals surface area contributed by atoms with E-state index in [1.165, 1.54) is 44.2 Å². The molecule has 0 aliphatic rings. The van der Waals surface area contributed by atoms with Crippen molar-refractivity contribution in [3.8, 4) is 44.0 Å². The van der Waals surface area contributed by atoms with Gasteiger partial charge < -0.3 is 9.32 Å². The Labute approximate surface area is 334 Å². The van der Waals surface area contributed by atoms with Crippen LogP contribution in [0.3, 0.4) is 0 Å². The van der Waals surface area contributed by atoms with Crippen LogP contribution in [0.25, 0.3) is 86.9 Å². The standard InChI is InChI=1S/C53H34N2OS/c1-4-13-35(14-5-1)36-23-25-40(26-24-36)55(41-27-29-44(37-15-6-2-7-16-37)46(33-41)45-22-12-20-38-17-10-11-21-43(38)45)42-28-31-49-47(34-42)51-50(56-49)32-30-48-52(51)57-53(54-48)39-18-8-3-9-19-39/h1-34H. The summed E-state index contributed by atoms with van der Waals surface area (Å²) in [4.78, 5) is 7.44. The van der Waals surface area contributed by atoms with Crippen molar-refractivity contribution in [3.05, 3.63) is 206 Å². The molecule has 0 spiro atoms. The van der Waals surface area contributed by atoms with Crippen LogP contribution < -0.4 is 4.90 Å². The highest BCUT2D eigenvalue weighted by molar-refractivity contribution is 7.22. The van der Waals surface area contributed by atoms with Crippen LogP contribution in [0.15, 0.2) is 211 Å². The van der Waals surface area contributed by atoms with Crippen molar-refractivity contribution in [2.45, 2.75) is 0 Å². The van der Waals surface area contributed by atoms with Crippen molar-refractivity contribution in [3.63, 3.8) is 0 Å². The third kappa shape index (κ3) is 5.86. The first-order chi connectivity index (χ1) is 28.2. The molecule has 268 valence electrons. The Morgan fingerprint density at radius 1 is 0.404 bits per heavy atom. The predicted octanol–water partition coefficient (Wildman–Crippen LogP) is 15.5. The second-order valence-electron chi connectivity index (χ2n) is 14.3. The van der Waals surface area contributed by atoms with Gasteiger partial charge in [0.05, 0.1) is 10.2 Å². The summed E-state index contributed by atoms with van der Waals surface area (Å²) in [6, 6.07) is 73.5. The number of hydrogen-bond acceptors (Lipinski definition) is 4. The Hall–Kier alpha value is -7.27. The fraction of sp³-hybridized carbons (Fsp3) is 0. The van der Waals surface area contributed by atoms with E-state index in [1.807, 2.05) is 6.07 Å². The summed E-state index contributed by atoms with van der Waals surface area (Å²) in [5.74, 6) is 0. The molecule has 3 nitrogen and oxygen atoms in total. The van der Waals surface area contributed by atoms with E-state index in [-0.39, 0.29) is 0 Å². The molecule has 0 saturated heterocycles. The maximum atomic E-state index is 6.53. The predicted molar refractivity (Wildman–Crippen MR) is 241 cm³/mol. The molecule has 11 rings (SSSR count). The van der Waals surface area contributed by atoms with Gasteiger partial charge in [-0.15, -0.1) is 11.3 Å². The second kappa shape index (κ2) is 13.8. The van der Waals surface area contributed by atoms with Crippen molar-refractivity contribution in [2.75, 3.05) is 4.90 Å². The zero-order valence-electron chi connectivity index (χ0n) is 30.8. The molecule has 0 unspecified atom stereocenters. The minimum atomic E-state index is 0.853.